The lowest BCUT2D eigenvalue weighted by molar-refractivity contribution is -0.135. The molecule has 6 N–H and O–H groups in total. The number of likely N-dealkylation sites (N-methyl/N-ethyl adjacent to an activating group) is 1. The summed E-state index contributed by atoms with van der Waals surface area (Å²) >= 11 is 0. The van der Waals surface area contributed by atoms with Crippen LogP contribution >= 0.6 is 0 Å². The van der Waals surface area contributed by atoms with Crippen LogP contribution in [-0.2, 0) is 4.79 Å². The zero-order valence-electron chi connectivity index (χ0n) is 18.8. The molecule has 0 bridgehead atoms. The molecule has 0 aromatic rings. The Bertz CT molecular complexity index is 272. The Morgan fingerprint density at radius 3 is 1.31 bits per heavy atom. The number of carboxylic acid groups (broad SMARTS) is 1. The van der Waals surface area contributed by atoms with Gasteiger partial charge in [0.1, 0.15) is 0 Å². The monoisotopic (exact) mass is 424 g/mol. The quantitative estimate of drug-likeness (QED) is 0.182. The molecule has 0 saturated heterocycles. The molecule has 0 radical (unpaired) electrons. The third kappa shape index (κ3) is 38.5. The van der Waals surface area contributed by atoms with Crippen LogP contribution in [0.3, 0.4) is 0 Å². The van der Waals surface area contributed by atoms with E-state index in [9.17, 15) is 4.79 Å². The van der Waals surface area contributed by atoms with Crippen LogP contribution in [0, 0.1) is 0 Å². The summed E-state index contributed by atoms with van der Waals surface area (Å²) in [5.74, 6) is -0.822. The van der Waals surface area contributed by atoms with Crippen LogP contribution in [0.1, 0.15) is 71.1 Å². The van der Waals surface area contributed by atoms with Crippen molar-refractivity contribution < 1.29 is 30.3 Å². The van der Waals surface area contributed by atoms with E-state index in [2.05, 4.69) is 12.2 Å². The molecular formula is C21H48N2O6. The number of carbonyl (C=O) groups is 1. The van der Waals surface area contributed by atoms with Gasteiger partial charge in [0.25, 0.3) is 0 Å². The molecule has 0 aromatic carbocycles. The normalized spacial score (nSPS) is 10.2. The predicted molar refractivity (Wildman–Crippen MR) is 118 cm³/mol. The summed E-state index contributed by atoms with van der Waals surface area (Å²) in [5.41, 5.74) is 0. The Morgan fingerprint density at radius 1 is 0.690 bits per heavy atom. The van der Waals surface area contributed by atoms with E-state index in [1.165, 1.54) is 57.8 Å². The lowest BCUT2D eigenvalue weighted by Crippen LogP contribution is -2.32. The average Bonchev–Trinajstić information content (AvgIpc) is 2.68. The smallest absolute Gasteiger partial charge is 0.317 e. The van der Waals surface area contributed by atoms with E-state index in [0.29, 0.717) is 26.2 Å². The largest absolute Gasteiger partial charge is 0.480 e. The van der Waals surface area contributed by atoms with Crippen LogP contribution in [0.4, 0.5) is 0 Å². The van der Waals surface area contributed by atoms with Gasteiger partial charge in [0.05, 0.1) is 26.4 Å². The van der Waals surface area contributed by atoms with Gasteiger partial charge in [-0.25, -0.2) is 0 Å². The molecule has 0 amide bonds. The fraction of sp³-hybridized carbons (Fsp3) is 0.952. The third-order valence-corrected chi connectivity index (χ3v) is 4.09. The highest BCUT2D eigenvalue weighted by Gasteiger charge is 2.00. The minimum atomic E-state index is -0.822. The van der Waals surface area contributed by atoms with Crippen LogP contribution < -0.4 is 5.32 Å². The molecule has 0 rings (SSSR count). The summed E-state index contributed by atoms with van der Waals surface area (Å²) in [7, 11) is 1.59. The summed E-state index contributed by atoms with van der Waals surface area (Å²) in [4.78, 5) is 11.3. The van der Waals surface area contributed by atoms with Gasteiger partial charge in [0.2, 0.25) is 0 Å². The fourth-order valence-corrected chi connectivity index (χ4v) is 2.51. The summed E-state index contributed by atoms with van der Waals surface area (Å²) in [5, 5.41) is 44.3. The summed E-state index contributed by atoms with van der Waals surface area (Å²) < 4.78 is 0. The van der Waals surface area contributed by atoms with Gasteiger partial charge in [0.15, 0.2) is 0 Å². The third-order valence-electron chi connectivity index (χ3n) is 4.09. The first-order valence-electron chi connectivity index (χ1n) is 11.1. The minimum Gasteiger partial charge on any atom is -0.480 e. The van der Waals surface area contributed by atoms with Crippen LogP contribution in [-0.4, -0.2) is 96.1 Å². The summed E-state index contributed by atoms with van der Waals surface area (Å²) in [6, 6.07) is 0. The van der Waals surface area contributed by atoms with Gasteiger partial charge in [-0.2, -0.15) is 0 Å². The highest BCUT2D eigenvalue weighted by atomic mass is 16.4. The van der Waals surface area contributed by atoms with Crippen LogP contribution in [0.25, 0.3) is 0 Å². The molecule has 0 aromatic heterocycles. The number of carboxylic acids is 1. The molecule has 178 valence electrons. The number of nitrogens with one attached hydrogen (secondary N) is 1. The van der Waals surface area contributed by atoms with E-state index in [-0.39, 0.29) is 26.4 Å². The molecule has 0 unspecified atom stereocenters. The van der Waals surface area contributed by atoms with Crippen molar-refractivity contribution in [2.75, 3.05) is 59.7 Å². The standard InChI is InChI=1S/C12H26O.C6H15NO3.C3H7NO2/c1-2-3-4-5-6-7-8-9-10-11-12-13;8-4-1-7(2-5-9)3-6-10;1-4-2-3(5)6/h13H,2-12H2,1H3;8-10H,1-6H2;4H,2H2,1H3,(H,5,6). The summed E-state index contributed by atoms with van der Waals surface area (Å²) in [6.45, 7) is 4.43. The molecule has 0 aliphatic rings. The molecular weight excluding hydrogens is 376 g/mol. The molecule has 0 heterocycles. The second-order valence-corrected chi connectivity index (χ2v) is 6.84. The van der Waals surface area contributed by atoms with E-state index in [4.69, 9.17) is 25.5 Å². The maximum atomic E-state index is 9.54. The van der Waals surface area contributed by atoms with Gasteiger partial charge in [-0.15, -0.1) is 0 Å². The maximum Gasteiger partial charge on any atom is 0.317 e. The number of aliphatic hydroxyl groups excluding tert-OH is 4. The Kier molecular flexibility index (Phi) is 36.2. The van der Waals surface area contributed by atoms with Crippen LogP contribution in [0.5, 0.6) is 0 Å². The lowest BCUT2D eigenvalue weighted by Gasteiger charge is -2.17. The Hall–Kier alpha value is -0.770. The minimum absolute atomic E-state index is 0.0417. The molecule has 0 fully saturated rings. The lowest BCUT2D eigenvalue weighted by atomic mass is 10.1. The average molecular weight is 425 g/mol. The number of unbranched alkanes of at least 4 members (excludes halogenated alkanes) is 9. The molecule has 8 heteroatoms. The topological polar surface area (TPSA) is 133 Å². The predicted octanol–water partition coefficient (Wildman–Crippen LogP) is 1.46. The number of aliphatic hydroxyl groups is 4. The van der Waals surface area contributed by atoms with Gasteiger partial charge >= 0.3 is 5.97 Å². The van der Waals surface area contributed by atoms with E-state index in [0.717, 1.165) is 6.42 Å². The van der Waals surface area contributed by atoms with Crippen molar-refractivity contribution in [2.45, 2.75) is 71.1 Å². The molecule has 0 spiro atoms. The Labute approximate surface area is 177 Å². The number of nitrogens with zero attached hydrogens (tertiary/aromatic N) is 1. The van der Waals surface area contributed by atoms with Crippen molar-refractivity contribution in [3.63, 3.8) is 0 Å². The van der Waals surface area contributed by atoms with Crippen molar-refractivity contribution >= 4 is 5.97 Å². The number of rotatable bonds is 18. The Morgan fingerprint density at radius 2 is 1.07 bits per heavy atom. The van der Waals surface area contributed by atoms with E-state index in [1.54, 1.807) is 11.9 Å². The van der Waals surface area contributed by atoms with Crippen molar-refractivity contribution in [1.82, 2.24) is 10.2 Å². The van der Waals surface area contributed by atoms with Crippen LogP contribution in [0.15, 0.2) is 0 Å². The maximum absolute atomic E-state index is 9.54. The zero-order chi connectivity index (χ0) is 22.6. The van der Waals surface area contributed by atoms with Gasteiger partial charge in [-0.3, -0.25) is 9.69 Å². The second-order valence-electron chi connectivity index (χ2n) is 6.84. The molecule has 0 saturated carbocycles. The van der Waals surface area contributed by atoms with Gasteiger partial charge in [-0.1, -0.05) is 64.7 Å². The van der Waals surface area contributed by atoms with Crippen molar-refractivity contribution in [1.29, 1.82) is 0 Å². The van der Waals surface area contributed by atoms with Crippen molar-refractivity contribution in [3.05, 3.63) is 0 Å². The molecule has 0 aliphatic carbocycles. The molecule has 0 atom stereocenters. The molecule has 0 aliphatic heterocycles. The number of hydrogen-bond acceptors (Lipinski definition) is 7. The van der Waals surface area contributed by atoms with Gasteiger partial charge < -0.3 is 30.8 Å². The molecule has 8 nitrogen and oxygen atoms in total. The van der Waals surface area contributed by atoms with Crippen molar-refractivity contribution in [2.24, 2.45) is 0 Å². The highest BCUT2D eigenvalue weighted by molar-refractivity contribution is 5.68. The first-order valence-corrected chi connectivity index (χ1v) is 11.1. The SMILES string of the molecule is CCCCCCCCCCCCO.CNCC(=O)O.OCCN(CCO)CCO. The first kappa shape index (κ1) is 32.9. The second kappa shape index (κ2) is 31.9. The van der Waals surface area contributed by atoms with Crippen molar-refractivity contribution in [3.8, 4) is 0 Å². The van der Waals surface area contributed by atoms with Crippen LogP contribution in [0.2, 0.25) is 0 Å². The van der Waals surface area contributed by atoms with E-state index >= 15 is 0 Å². The number of aliphatic carboxylic acids is 1. The zero-order valence-corrected chi connectivity index (χ0v) is 18.8. The van der Waals surface area contributed by atoms with Gasteiger partial charge in [0, 0.05) is 26.2 Å². The Balaban J connectivity index is -0.000000375. The van der Waals surface area contributed by atoms with E-state index in [1.807, 2.05) is 0 Å². The van der Waals surface area contributed by atoms with E-state index < -0.39 is 5.97 Å². The fourth-order valence-electron chi connectivity index (χ4n) is 2.51. The van der Waals surface area contributed by atoms with Gasteiger partial charge in [-0.05, 0) is 13.5 Å². The number of hydrogen-bond donors (Lipinski definition) is 6. The highest BCUT2D eigenvalue weighted by Crippen LogP contribution is 2.09. The first-order chi connectivity index (χ1) is 14.0. The summed E-state index contributed by atoms with van der Waals surface area (Å²) in [6.07, 6.45) is 13.3. The molecule has 29 heavy (non-hydrogen) atoms.